The minimum absolute atomic E-state index is 0.157. The van der Waals surface area contributed by atoms with E-state index in [9.17, 15) is 9.59 Å². The van der Waals surface area contributed by atoms with E-state index in [2.05, 4.69) is 9.97 Å². The van der Waals surface area contributed by atoms with Gasteiger partial charge in [-0.15, -0.1) is 11.3 Å². The molecule has 2 rings (SSSR count). The van der Waals surface area contributed by atoms with E-state index < -0.39 is 11.9 Å². The fourth-order valence-electron chi connectivity index (χ4n) is 1.55. The van der Waals surface area contributed by atoms with E-state index in [-0.39, 0.29) is 16.1 Å². The number of halogens is 1. The lowest BCUT2D eigenvalue weighted by Gasteiger charge is -2.00. The molecule has 106 valence electrons. The summed E-state index contributed by atoms with van der Waals surface area (Å²) >= 11 is 8.21. The van der Waals surface area contributed by atoms with E-state index in [4.69, 9.17) is 21.4 Å². The van der Waals surface area contributed by atoms with Crippen molar-refractivity contribution in [1.82, 2.24) is 9.97 Å². The number of carbonyl (C=O) groups is 2. The van der Waals surface area contributed by atoms with Gasteiger partial charge in [-0.3, -0.25) is 4.79 Å². The Morgan fingerprint density at radius 1 is 1.45 bits per heavy atom. The molecule has 0 unspecified atom stereocenters. The monoisotopic (exact) mass is 332 g/mol. The molecule has 20 heavy (non-hydrogen) atoms. The van der Waals surface area contributed by atoms with Crippen LogP contribution in [0.4, 0.5) is 0 Å². The van der Waals surface area contributed by atoms with Gasteiger partial charge in [0.2, 0.25) is 0 Å². The largest absolute Gasteiger partial charge is 0.481 e. The Balaban J connectivity index is 2.49. The molecule has 0 radical (unpaired) electrons. The Morgan fingerprint density at radius 2 is 2.15 bits per heavy atom. The third-order valence-electron chi connectivity index (χ3n) is 2.42. The van der Waals surface area contributed by atoms with Gasteiger partial charge < -0.3 is 9.84 Å². The van der Waals surface area contributed by atoms with E-state index in [0.717, 1.165) is 23.1 Å². The summed E-state index contributed by atoms with van der Waals surface area (Å²) in [5.41, 5.74) is 0.664. The van der Waals surface area contributed by atoms with Gasteiger partial charge in [-0.05, 0) is 12.5 Å². The summed E-state index contributed by atoms with van der Waals surface area (Å²) in [6.07, 6.45) is 0. The van der Waals surface area contributed by atoms with Crippen molar-refractivity contribution in [2.75, 3.05) is 12.9 Å². The van der Waals surface area contributed by atoms with Crippen molar-refractivity contribution in [3.05, 3.63) is 15.6 Å². The quantitative estimate of drug-likeness (QED) is 0.398. The second-order valence-electron chi connectivity index (χ2n) is 3.71. The number of methoxy groups -OCH3 is 1. The van der Waals surface area contributed by atoms with Crippen molar-refractivity contribution in [2.24, 2.45) is 0 Å². The zero-order chi connectivity index (χ0) is 14.9. The number of hydrogen-bond donors (Lipinski definition) is 1. The van der Waals surface area contributed by atoms with E-state index in [1.165, 1.54) is 7.11 Å². The van der Waals surface area contributed by atoms with Crippen LogP contribution in [0.5, 0.6) is 0 Å². The second-order valence-corrected chi connectivity index (χ2v) is 6.01. The van der Waals surface area contributed by atoms with Gasteiger partial charge in [-0.1, -0.05) is 23.4 Å². The second kappa shape index (κ2) is 5.94. The summed E-state index contributed by atoms with van der Waals surface area (Å²) in [5, 5.41) is 9.70. The van der Waals surface area contributed by atoms with E-state index >= 15 is 0 Å². The Bertz CT molecular complexity index is 701. The van der Waals surface area contributed by atoms with Crippen LogP contribution in [0.25, 0.3) is 10.2 Å². The number of carboxylic acid groups (broad SMARTS) is 1. The van der Waals surface area contributed by atoms with Crippen molar-refractivity contribution < 1.29 is 19.4 Å². The molecule has 0 fully saturated rings. The van der Waals surface area contributed by atoms with E-state index in [0.29, 0.717) is 20.7 Å². The molecule has 0 saturated carbocycles. The molecule has 6 nitrogen and oxygen atoms in total. The molecule has 9 heteroatoms. The number of rotatable bonds is 4. The van der Waals surface area contributed by atoms with Crippen LogP contribution in [-0.4, -0.2) is 39.9 Å². The number of carbonyl (C=O) groups excluding carboxylic acids is 1. The molecule has 0 amide bonds. The number of hydrogen-bond acceptors (Lipinski definition) is 7. The first-order valence-electron chi connectivity index (χ1n) is 5.33. The number of esters is 1. The molecule has 0 saturated heterocycles. The number of aromatic nitrogens is 2. The van der Waals surface area contributed by atoms with Gasteiger partial charge in [0.25, 0.3) is 0 Å². The Morgan fingerprint density at radius 3 is 2.75 bits per heavy atom. The van der Waals surface area contributed by atoms with Crippen molar-refractivity contribution in [2.45, 2.75) is 12.1 Å². The third-order valence-corrected chi connectivity index (χ3v) is 4.69. The number of ether oxygens (including phenoxy) is 1. The summed E-state index contributed by atoms with van der Waals surface area (Å²) in [4.78, 5) is 31.4. The number of fused-ring (bicyclic) bond motifs is 1. The number of carboxylic acids is 1. The minimum Gasteiger partial charge on any atom is -0.481 e. The van der Waals surface area contributed by atoms with Crippen LogP contribution in [0.15, 0.2) is 5.16 Å². The molecule has 0 aliphatic heterocycles. The maximum Gasteiger partial charge on any atom is 0.348 e. The van der Waals surface area contributed by atoms with Crippen LogP contribution in [-0.2, 0) is 9.53 Å². The van der Waals surface area contributed by atoms with Crippen molar-refractivity contribution in [3.8, 4) is 0 Å². The SMILES string of the molecule is COC(=O)c1sc2nc(SCC(=O)O)nc(Cl)c2c1C. The first-order chi connectivity index (χ1) is 9.43. The molecule has 0 aromatic carbocycles. The Hall–Kier alpha value is -1.38. The lowest BCUT2D eigenvalue weighted by atomic mass is 10.2. The molecule has 0 aliphatic rings. The average molecular weight is 333 g/mol. The standard InChI is InChI=1S/C11H9ClN2O4S2/c1-4-6-8(12)13-11(19-3-5(15)16)14-9(6)20-7(4)10(17)18-2/h3H2,1-2H3,(H,15,16). The van der Waals surface area contributed by atoms with Crippen LogP contribution in [0, 0.1) is 6.92 Å². The number of aliphatic carboxylic acids is 1. The highest BCUT2D eigenvalue weighted by atomic mass is 35.5. The Kier molecular flexibility index (Phi) is 4.46. The molecule has 0 aliphatic carbocycles. The lowest BCUT2D eigenvalue weighted by molar-refractivity contribution is -0.133. The average Bonchev–Trinajstić information content (AvgIpc) is 2.73. The molecule has 0 spiro atoms. The molecule has 1 N–H and O–H groups in total. The van der Waals surface area contributed by atoms with Crippen molar-refractivity contribution >= 4 is 56.9 Å². The smallest absolute Gasteiger partial charge is 0.348 e. The van der Waals surface area contributed by atoms with E-state index in [1.807, 2.05) is 0 Å². The van der Waals surface area contributed by atoms with Gasteiger partial charge in [0, 0.05) is 0 Å². The van der Waals surface area contributed by atoms with Gasteiger partial charge in [0.1, 0.15) is 14.9 Å². The van der Waals surface area contributed by atoms with Gasteiger partial charge in [0.15, 0.2) is 5.16 Å². The van der Waals surface area contributed by atoms with Crippen LogP contribution >= 0.6 is 34.7 Å². The first-order valence-corrected chi connectivity index (χ1v) is 7.51. The Labute approximate surface area is 127 Å². The molecule has 2 aromatic rings. The maximum atomic E-state index is 11.6. The highest BCUT2D eigenvalue weighted by molar-refractivity contribution is 7.99. The van der Waals surface area contributed by atoms with E-state index in [1.54, 1.807) is 6.92 Å². The van der Waals surface area contributed by atoms with Crippen molar-refractivity contribution in [1.29, 1.82) is 0 Å². The molecule has 2 aromatic heterocycles. The van der Waals surface area contributed by atoms with Crippen LogP contribution in [0.1, 0.15) is 15.2 Å². The highest BCUT2D eigenvalue weighted by Crippen LogP contribution is 2.35. The van der Waals surface area contributed by atoms with Gasteiger partial charge in [-0.25, -0.2) is 14.8 Å². The number of thiophene rings is 1. The first kappa shape index (κ1) is 15.0. The molecule has 2 heterocycles. The third kappa shape index (κ3) is 2.87. The topological polar surface area (TPSA) is 89.4 Å². The maximum absolute atomic E-state index is 11.6. The summed E-state index contributed by atoms with van der Waals surface area (Å²) < 4.78 is 4.69. The molecule has 0 bridgehead atoms. The zero-order valence-electron chi connectivity index (χ0n) is 10.5. The van der Waals surface area contributed by atoms with Gasteiger partial charge in [-0.2, -0.15) is 0 Å². The summed E-state index contributed by atoms with van der Waals surface area (Å²) in [6, 6.07) is 0. The number of nitrogens with zero attached hydrogens (tertiary/aromatic N) is 2. The van der Waals surface area contributed by atoms with Gasteiger partial charge in [0.05, 0.1) is 18.2 Å². The van der Waals surface area contributed by atoms with Crippen LogP contribution in [0.3, 0.4) is 0 Å². The normalized spacial score (nSPS) is 10.8. The van der Waals surface area contributed by atoms with Crippen LogP contribution in [0.2, 0.25) is 5.15 Å². The number of thioether (sulfide) groups is 1. The molecular formula is C11H9ClN2O4S2. The lowest BCUT2D eigenvalue weighted by Crippen LogP contribution is -2.00. The van der Waals surface area contributed by atoms with Gasteiger partial charge >= 0.3 is 11.9 Å². The zero-order valence-corrected chi connectivity index (χ0v) is 12.9. The fourth-order valence-corrected chi connectivity index (χ4v) is 3.69. The summed E-state index contributed by atoms with van der Waals surface area (Å²) in [6.45, 7) is 1.74. The number of aryl methyl sites for hydroxylation is 1. The fraction of sp³-hybridized carbons (Fsp3) is 0.273. The minimum atomic E-state index is -0.965. The predicted molar refractivity (Wildman–Crippen MR) is 76.9 cm³/mol. The highest BCUT2D eigenvalue weighted by Gasteiger charge is 2.20. The molecular weight excluding hydrogens is 324 g/mol. The summed E-state index contributed by atoms with van der Waals surface area (Å²) in [7, 11) is 1.30. The molecule has 0 atom stereocenters. The van der Waals surface area contributed by atoms with Crippen molar-refractivity contribution in [3.63, 3.8) is 0 Å². The summed E-state index contributed by atoms with van der Waals surface area (Å²) in [5.74, 6) is -1.58. The predicted octanol–water partition coefficient (Wildman–Crippen LogP) is 2.62. The van der Waals surface area contributed by atoms with Crippen LogP contribution < -0.4 is 0 Å².